The summed E-state index contributed by atoms with van der Waals surface area (Å²) in [5, 5.41) is 26.4. The normalized spacial score (nSPS) is 9.71. The summed E-state index contributed by atoms with van der Waals surface area (Å²) in [5.41, 5.74) is -1.57. The Bertz CT molecular complexity index is 504. The third kappa shape index (κ3) is 2.33. The summed E-state index contributed by atoms with van der Waals surface area (Å²) >= 11 is 0. The molecular formula is C10H8O7. The first-order valence-electron chi connectivity index (χ1n) is 4.30. The Balaban J connectivity index is 3.63. The third-order valence-corrected chi connectivity index (χ3v) is 2.01. The lowest BCUT2D eigenvalue weighted by Crippen LogP contribution is -2.12. The number of hydrogen-bond acceptors (Lipinski definition) is 4. The van der Waals surface area contributed by atoms with Crippen molar-refractivity contribution < 1.29 is 34.4 Å². The van der Waals surface area contributed by atoms with E-state index in [1.165, 1.54) is 0 Å². The lowest BCUT2D eigenvalue weighted by Gasteiger charge is -2.09. The van der Waals surface area contributed by atoms with Gasteiger partial charge in [-0.3, -0.25) is 0 Å². The monoisotopic (exact) mass is 240 g/mol. The Kier molecular flexibility index (Phi) is 3.32. The maximum absolute atomic E-state index is 10.9. The quantitative estimate of drug-likeness (QED) is 0.711. The van der Waals surface area contributed by atoms with Crippen molar-refractivity contribution in [2.75, 3.05) is 7.11 Å². The van der Waals surface area contributed by atoms with E-state index in [0.717, 1.165) is 19.2 Å². The molecule has 0 aliphatic carbocycles. The Morgan fingerprint density at radius 2 is 1.59 bits per heavy atom. The van der Waals surface area contributed by atoms with Crippen molar-refractivity contribution in [2.45, 2.75) is 0 Å². The van der Waals surface area contributed by atoms with Crippen molar-refractivity contribution in [1.29, 1.82) is 0 Å². The highest BCUT2D eigenvalue weighted by molar-refractivity contribution is 6.05. The average molecular weight is 240 g/mol. The van der Waals surface area contributed by atoms with Crippen LogP contribution in [0.15, 0.2) is 12.1 Å². The first kappa shape index (κ1) is 12.5. The number of carboxylic acids is 3. The number of hydrogen-bond donors (Lipinski definition) is 3. The lowest BCUT2D eigenvalue weighted by atomic mass is 10.0. The molecule has 1 aromatic rings. The first-order valence-corrected chi connectivity index (χ1v) is 4.30. The number of carboxylic acid groups (broad SMARTS) is 3. The van der Waals surface area contributed by atoms with Gasteiger partial charge in [0, 0.05) is 0 Å². The second-order valence-electron chi connectivity index (χ2n) is 3.02. The number of rotatable bonds is 4. The second kappa shape index (κ2) is 4.52. The van der Waals surface area contributed by atoms with E-state index in [2.05, 4.69) is 4.74 Å². The van der Waals surface area contributed by atoms with Gasteiger partial charge in [0.2, 0.25) is 0 Å². The summed E-state index contributed by atoms with van der Waals surface area (Å²) in [7, 11) is 1.12. The Hall–Kier alpha value is -2.57. The highest BCUT2D eigenvalue weighted by atomic mass is 16.5. The smallest absolute Gasteiger partial charge is 0.340 e. The Labute approximate surface area is 94.9 Å². The molecule has 0 aliphatic rings. The summed E-state index contributed by atoms with van der Waals surface area (Å²) in [6, 6.07) is 1.73. The number of methoxy groups -OCH3 is 1. The van der Waals surface area contributed by atoms with Crippen molar-refractivity contribution in [3.05, 3.63) is 28.8 Å². The highest BCUT2D eigenvalue weighted by Crippen LogP contribution is 2.25. The summed E-state index contributed by atoms with van der Waals surface area (Å²) < 4.78 is 4.68. The van der Waals surface area contributed by atoms with Gasteiger partial charge in [-0.05, 0) is 12.1 Å². The standard InChI is InChI=1S/C10H8O7/c1-17-6-3-4(8(11)12)2-5(9(13)14)7(6)10(15)16/h2-3H,1H3,(H,11,12)(H,13,14)(H,15,16). The minimum atomic E-state index is -1.54. The molecular weight excluding hydrogens is 232 g/mol. The van der Waals surface area contributed by atoms with Gasteiger partial charge in [0.05, 0.1) is 18.2 Å². The third-order valence-electron chi connectivity index (χ3n) is 2.01. The van der Waals surface area contributed by atoms with Gasteiger partial charge in [-0.2, -0.15) is 0 Å². The van der Waals surface area contributed by atoms with Crippen LogP contribution in [0.5, 0.6) is 5.75 Å². The fraction of sp³-hybridized carbons (Fsp3) is 0.100. The van der Waals surface area contributed by atoms with Crippen molar-refractivity contribution in [2.24, 2.45) is 0 Å². The van der Waals surface area contributed by atoms with Crippen LogP contribution in [0.25, 0.3) is 0 Å². The van der Waals surface area contributed by atoms with Crippen LogP contribution in [0.4, 0.5) is 0 Å². The molecule has 0 amide bonds. The van der Waals surface area contributed by atoms with Crippen molar-refractivity contribution in [3.8, 4) is 5.75 Å². The Morgan fingerprint density at radius 1 is 1.00 bits per heavy atom. The number of benzene rings is 1. The molecule has 0 fully saturated rings. The van der Waals surface area contributed by atoms with Gasteiger partial charge < -0.3 is 20.1 Å². The predicted molar refractivity (Wildman–Crippen MR) is 53.9 cm³/mol. The number of carbonyl (C=O) groups is 3. The fourth-order valence-corrected chi connectivity index (χ4v) is 1.29. The topological polar surface area (TPSA) is 121 Å². The summed E-state index contributed by atoms with van der Waals surface area (Å²) in [6.07, 6.45) is 0. The maximum Gasteiger partial charge on any atom is 0.340 e. The maximum atomic E-state index is 10.9. The minimum Gasteiger partial charge on any atom is -0.496 e. The van der Waals surface area contributed by atoms with E-state index in [4.69, 9.17) is 15.3 Å². The van der Waals surface area contributed by atoms with E-state index in [1.54, 1.807) is 0 Å². The molecule has 1 aromatic carbocycles. The van der Waals surface area contributed by atoms with Crippen LogP contribution >= 0.6 is 0 Å². The molecule has 0 radical (unpaired) electrons. The molecule has 0 saturated heterocycles. The van der Waals surface area contributed by atoms with Gasteiger partial charge in [0.15, 0.2) is 0 Å². The average Bonchev–Trinajstić information content (AvgIpc) is 2.26. The summed E-state index contributed by atoms with van der Waals surface area (Å²) in [4.78, 5) is 32.5. The minimum absolute atomic E-state index is 0.310. The van der Waals surface area contributed by atoms with Crippen molar-refractivity contribution in [3.63, 3.8) is 0 Å². The van der Waals surface area contributed by atoms with Gasteiger partial charge in [-0.25, -0.2) is 14.4 Å². The SMILES string of the molecule is COc1cc(C(=O)O)cc(C(=O)O)c1C(=O)O. The van der Waals surface area contributed by atoms with Gasteiger partial charge in [0.25, 0.3) is 0 Å². The molecule has 0 spiro atoms. The summed E-state index contributed by atoms with van der Waals surface area (Å²) in [6.45, 7) is 0. The van der Waals surface area contributed by atoms with Crippen LogP contribution in [-0.4, -0.2) is 40.3 Å². The van der Waals surface area contributed by atoms with E-state index in [-0.39, 0.29) is 11.3 Å². The number of ether oxygens (including phenoxy) is 1. The van der Waals surface area contributed by atoms with Crippen LogP contribution in [0.2, 0.25) is 0 Å². The van der Waals surface area contributed by atoms with E-state index < -0.39 is 29.0 Å². The predicted octanol–water partition coefficient (Wildman–Crippen LogP) is 0.790. The number of aromatic carboxylic acids is 3. The molecule has 7 heteroatoms. The van der Waals surface area contributed by atoms with Crippen LogP contribution in [0.1, 0.15) is 31.1 Å². The second-order valence-corrected chi connectivity index (χ2v) is 3.02. The van der Waals surface area contributed by atoms with Crippen LogP contribution in [0.3, 0.4) is 0 Å². The largest absolute Gasteiger partial charge is 0.496 e. The van der Waals surface area contributed by atoms with Gasteiger partial charge in [-0.15, -0.1) is 0 Å². The highest BCUT2D eigenvalue weighted by Gasteiger charge is 2.23. The fourth-order valence-electron chi connectivity index (χ4n) is 1.29. The first-order chi connectivity index (χ1) is 7.88. The molecule has 3 N–H and O–H groups in total. The van der Waals surface area contributed by atoms with Crippen LogP contribution in [-0.2, 0) is 0 Å². The zero-order valence-corrected chi connectivity index (χ0v) is 8.63. The van der Waals surface area contributed by atoms with E-state index >= 15 is 0 Å². The van der Waals surface area contributed by atoms with Crippen molar-refractivity contribution >= 4 is 17.9 Å². The van der Waals surface area contributed by atoms with Crippen LogP contribution < -0.4 is 4.74 Å². The molecule has 0 unspecified atom stereocenters. The van der Waals surface area contributed by atoms with E-state index in [9.17, 15) is 14.4 Å². The molecule has 90 valence electrons. The van der Waals surface area contributed by atoms with E-state index in [1.807, 2.05) is 0 Å². The zero-order valence-electron chi connectivity index (χ0n) is 8.63. The lowest BCUT2D eigenvalue weighted by molar-refractivity contribution is 0.0645. The molecule has 7 nitrogen and oxygen atoms in total. The van der Waals surface area contributed by atoms with Crippen molar-refractivity contribution in [1.82, 2.24) is 0 Å². The molecule has 0 saturated carbocycles. The molecule has 1 rings (SSSR count). The van der Waals surface area contributed by atoms with Gasteiger partial charge >= 0.3 is 17.9 Å². The molecule has 17 heavy (non-hydrogen) atoms. The molecule has 0 atom stereocenters. The zero-order chi connectivity index (χ0) is 13.2. The Morgan fingerprint density at radius 3 is 1.94 bits per heavy atom. The van der Waals surface area contributed by atoms with E-state index in [0.29, 0.717) is 0 Å². The molecule has 0 bridgehead atoms. The van der Waals surface area contributed by atoms with Crippen LogP contribution in [0, 0.1) is 0 Å². The molecule has 0 aromatic heterocycles. The molecule has 0 aliphatic heterocycles. The molecule has 0 heterocycles. The van der Waals surface area contributed by atoms with Gasteiger partial charge in [-0.1, -0.05) is 0 Å². The van der Waals surface area contributed by atoms with Gasteiger partial charge in [0.1, 0.15) is 11.3 Å². The summed E-state index contributed by atoms with van der Waals surface area (Å²) in [5.74, 6) is -4.72.